The van der Waals surface area contributed by atoms with Crippen LogP contribution in [0.5, 0.6) is 0 Å². The SMILES string of the molecule is C=CC1CN(C)CCN1[SiH3]. The van der Waals surface area contributed by atoms with Crippen molar-refractivity contribution >= 4 is 10.4 Å². The van der Waals surface area contributed by atoms with Crippen LogP contribution in [0.3, 0.4) is 0 Å². The van der Waals surface area contributed by atoms with Crippen LogP contribution in [-0.2, 0) is 0 Å². The minimum atomic E-state index is 0.616. The summed E-state index contributed by atoms with van der Waals surface area (Å²) >= 11 is 0. The summed E-state index contributed by atoms with van der Waals surface area (Å²) in [5, 5.41) is 0. The van der Waals surface area contributed by atoms with E-state index in [1.165, 1.54) is 23.5 Å². The summed E-state index contributed by atoms with van der Waals surface area (Å²) in [7, 11) is 3.34. The number of likely N-dealkylation sites (N-methyl/N-ethyl adjacent to an activating group) is 1. The molecule has 1 unspecified atom stereocenters. The van der Waals surface area contributed by atoms with Crippen molar-refractivity contribution in [1.29, 1.82) is 0 Å². The Bertz CT molecular complexity index is 127. The van der Waals surface area contributed by atoms with Crippen molar-refractivity contribution < 1.29 is 0 Å². The Balaban J connectivity index is 2.45. The molecule has 0 N–H and O–H groups in total. The molecule has 0 amide bonds. The van der Waals surface area contributed by atoms with Crippen LogP contribution in [0, 0.1) is 0 Å². The smallest absolute Gasteiger partial charge is 0.0793 e. The maximum atomic E-state index is 3.82. The zero-order chi connectivity index (χ0) is 7.56. The molecule has 0 aromatic carbocycles. The second kappa shape index (κ2) is 3.32. The minimum absolute atomic E-state index is 0.616. The van der Waals surface area contributed by atoms with E-state index < -0.39 is 0 Å². The normalized spacial score (nSPS) is 30.7. The summed E-state index contributed by atoms with van der Waals surface area (Å²) < 4.78 is 2.48. The summed E-state index contributed by atoms with van der Waals surface area (Å²) in [4.78, 5) is 2.36. The lowest BCUT2D eigenvalue weighted by molar-refractivity contribution is 0.190. The first kappa shape index (κ1) is 7.98. The molecule has 1 saturated heterocycles. The zero-order valence-corrected chi connectivity index (χ0v) is 8.88. The van der Waals surface area contributed by atoms with Crippen LogP contribution >= 0.6 is 0 Å². The molecule has 1 aliphatic rings. The van der Waals surface area contributed by atoms with Gasteiger partial charge < -0.3 is 9.47 Å². The highest BCUT2D eigenvalue weighted by Gasteiger charge is 2.17. The van der Waals surface area contributed by atoms with Gasteiger partial charge in [-0.05, 0) is 7.05 Å². The van der Waals surface area contributed by atoms with Crippen LogP contribution in [0.15, 0.2) is 12.7 Å². The summed E-state index contributed by atoms with van der Waals surface area (Å²) in [5.74, 6) is 0. The van der Waals surface area contributed by atoms with Gasteiger partial charge in [-0.15, -0.1) is 6.58 Å². The Morgan fingerprint density at radius 1 is 1.60 bits per heavy atom. The third-order valence-corrected chi connectivity index (χ3v) is 3.28. The largest absolute Gasteiger partial charge is 0.324 e. The van der Waals surface area contributed by atoms with Crippen molar-refractivity contribution in [3.63, 3.8) is 0 Å². The molecule has 10 heavy (non-hydrogen) atoms. The van der Waals surface area contributed by atoms with Gasteiger partial charge in [0.15, 0.2) is 0 Å². The van der Waals surface area contributed by atoms with E-state index in [1.54, 1.807) is 0 Å². The third kappa shape index (κ3) is 1.68. The van der Waals surface area contributed by atoms with Gasteiger partial charge in [0.05, 0.1) is 10.4 Å². The third-order valence-electron chi connectivity index (χ3n) is 2.17. The van der Waals surface area contributed by atoms with E-state index in [0.717, 1.165) is 6.54 Å². The molecule has 0 spiro atoms. The predicted octanol–water partition coefficient (Wildman–Crippen LogP) is -0.931. The van der Waals surface area contributed by atoms with Gasteiger partial charge in [0.1, 0.15) is 0 Å². The lowest BCUT2D eigenvalue weighted by Crippen LogP contribution is -2.49. The van der Waals surface area contributed by atoms with Gasteiger partial charge in [-0.1, -0.05) is 6.08 Å². The Morgan fingerprint density at radius 2 is 2.30 bits per heavy atom. The average Bonchev–Trinajstić information content (AvgIpc) is 1.94. The van der Waals surface area contributed by atoms with Gasteiger partial charge in [-0.2, -0.15) is 0 Å². The minimum Gasteiger partial charge on any atom is -0.324 e. The number of nitrogens with zero attached hydrogens (tertiary/aromatic N) is 2. The monoisotopic (exact) mass is 156 g/mol. The van der Waals surface area contributed by atoms with E-state index in [2.05, 4.69) is 29.2 Å². The van der Waals surface area contributed by atoms with Gasteiger partial charge in [0.25, 0.3) is 0 Å². The van der Waals surface area contributed by atoms with Crippen molar-refractivity contribution in [2.45, 2.75) is 6.04 Å². The van der Waals surface area contributed by atoms with E-state index in [0.29, 0.717) is 6.04 Å². The van der Waals surface area contributed by atoms with Crippen molar-refractivity contribution in [1.82, 2.24) is 9.47 Å². The molecule has 1 aliphatic heterocycles. The van der Waals surface area contributed by atoms with Crippen molar-refractivity contribution in [3.8, 4) is 0 Å². The van der Waals surface area contributed by atoms with Gasteiger partial charge in [-0.25, -0.2) is 0 Å². The van der Waals surface area contributed by atoms with Crippen LogP contribution in [0.2, 0.25) is 0 Å². The lowest BCUT2D eigenvalue weighted by Gasteiger charge is -2.36. The van der Waals surface area contributed by atoms with Crippen LogP contribution in [0.1, 0.15) is 0 Å². The summed E-state index contributed by atoms with van der Waals surface area (Å²) in [6, 6.07) is 0.616. The van der Waals surface area contributed by atoms with E-state index >= 15 is 0 Å². The van der Waals surface area contributed by atoms with Crippen LogP contribution < -0.4 is 0 Å². The molecule has 0 aromatic rings. The highest BCUT2D eigenvalue weighted by atomic mass is 28.2. The van der Waals surface area contributed by atoms with Crippen molar-refractivity contribution in [3.05, 3.63) is 12.7 Å². The molecule has 0 aliphatic carbocycles. The molecule has 58 valence electrons. The molecule has 0 radical (unpaired) electrons. The molecule has 0 bridgehead atoms. The number of piperazine rings is 1. The first-order valence-electron chi connectivity index (χ1n) is 3.75. The van der Waals surface area contributed by atoms with Gasteiger partial charge in [0.2, 0.25) is 0 Å². The maximum absolute atomic E-state index is 3.82. The molecule has 1 heterocycles. The zero-order valence-electron chi connectivity index (χ0n) is 6.88. The predicted molar refractivity (Wildman–Crippen MR) is 48.1 cm³/mol. The highest BCUT2D eigenvalue weighted by molar-refractivity contribution is 6.04. The van der Waals surface area contributed by atoms with E-state index in [4.69, 9.17) is 0 Å². The molecule has 2 nitrogen and oxygen atoms in total. The second-order valence-corrected chi connectivity index (χ2v) is 4.19. The Labute approximate surface area is 66.0 Å². The topological polar surface area (TPSA) is 6.48 Å². The highest BCUT2D eigenvalue weighted by Crippen LogP contribution is 2.04. The standard InChI is InChI=1S/C7H16N2Si/c1-3-7-6-8(2)4-5-9(7)10/h3,7H,1,4-6H2,2,10H3. The Hall–Kier alpha value is -0.123. The molecular weight excluding hydrogens is 140 g/mol. The fourth-order valence-corrected chi connectivity index (χ4v) is 1.87. The number of hydrogen-bond acceptors (Lipinski definition) is 2. The second-order valence-electron chi connectivity index (χ2n) is 3.05. The average molecular weight is 156 g/mol. The summed E-state index contributed by atoms with van der Waals surface area (Å²) in [6.07, 6.45) is 2.06. The molecule has 1 fully saturated rings. The van der Waals surface area contributed by atoms with Crippen LogP contribution in [-0.4, -0.2) is 52.6 Å². The maximum Gasteiger partial charge on any atom is 0.0793 e. The van der Waals surface area contributed by atoms with E-state index in [-0.39, 0.29) is 0 Å². The van der Waals surface area contributed by atoms with Gasteiger partial charge >= 0.3 is 0 Å². The quantitative estimate of drug-likeness (QED) is 0.357. The fraction of sp³-hybridized carbons (Fsp3) is 0.714. The molecule has 1 atom stereocenters. The first-order chi connectivity index (χ1) is 4.74. The number of hydrogen-bond donors (Lipinski definition) is 0. The van der Waals surface area contributed by atoms with E-state index in [9.17, 15) is 0 Å². The Kier molecular flexibility index (Phi) is 2.65. The van der Waals surface area contributed by atoms with Gasteiger partial charge in [0, 0.05) is 25.7 Å². The van der Waals surface area contributed by atoms with E-state index in [1.807, 2.05) is 0 Å². The molecule has 1 rings (SSSR count). The first-order valence-corrected chi connectivity index (χ1v) is 4.65. The van der Waals surface area contributed by atoms with Gasteiger partial charge in [-0.3, -0.25) is 0 Å². The summed E-state index contributed by atoms with van der Waals surface area (Å²) in [5.41, 5.74) is 0. The molecule has 0 aromatic heterocycles. The lowest BCUT2D eigenvalue weighted by atomic mass is 10.2. The fourth-order valence-electron chi connectivity index (χ4n) is 1.30. The number of rotatable bonds is 1. The molecule has 0 saturated carbocycles. The van der Waals surface area contributed by atoms with Crippen molar-refractivity contribution in [2.75, 3.05) is 26.7 Å². The molecular formula is C7H16N2Si. The van der Waals surface area contributed by atoms with Crippen LogP contribution in [0.25, 0.3) is 0 Å². The summed E-state index contributed by atoms with van der Waals surface area (Å²) in [6.45, 7) is 7.42. The van der Waals surface area contributed by atoms with Crippen molar-refractivity contribution in [2.24, 2.45) is 0 Å². The van der Waals surface area contributed by atoms with Crippen LogP contribution in [0.4, 0.5) is 0 Å². The Morgan fingerprint density at radius 3 is 2.80 bits per heavy atom. The molecule has 3 heteroatoms.